The van der Waals surface area contributed by atoms with Crippen molar-refractivity contribution in [3.8, 4) is 0 Å². The van der Waals surface area contributed by atoms with Crippen LogP contribution in [0.4, 0.5) is 0 Å². The van der Waals surface area contributed by atoms with Crippen LogP contribution in [0.3, 0.4) is 0 Å². The number of rotatable bonds is 2. The molecule has 2 aromatic rings. The molecule has 0 aliphatic heterocycles. The normalized spacial score (nSPS) is 12.8. The number of benzene rings is 1. The summed E-state index contributed by atoms with van der Waals surface area (Å²) >= 11 is 18.5. The summed E-state index contributed by atoms with van der Waals surface area (Å²) in [6, 6.07) is 8.09. The van der Waals surface area contributed by atoms with E-state index in [0.29, 0.717) is 0 Å². The molecule has 5 heteroatoms. The Morgan fingerprint density at radius 2 is 1.88 bits per heavy atom. The van der Waals surface area contributed by atoms with Crippen LogP contribution in [0.2, 0.25) is 5.02 Å². The van der Waals surface area contributed by atoms with Gasteiger partial charge in [0.1, 0.15) is 0 Å². The van der Waals surface area contributed by atoms with Crippen molar-refractivity contribution in [2.45, 2.75) is 11.8 Å². The molecule has 0 N–H and O–H groups in total. The van der Waals surface area contributed by atoms with Gasteiger partial charge in [-0.3, -0.25) is 0 Å². The van der Waals surface area contributed by atoms with Gasteiger partial charge in [-0.25, -0.2) is 0 Å². The van der Waals surface area contributed by atoms with Gasteiger partial charge >= 0.3 is 0 Å². The smallest absolute Gasteiger partial charge is 0.0757 e. The van der Waals surface area contributed by atoms with Crippen molar-refractivity contribution >= 4 is 70.7 Å². The first-order valence-corrected chi connectivity index (χ1v) is 8.53. The number of halogens is 4. The minimum absolute atomic E-state index is 0.151. The molecule has 17 heavy (non-hydrogen) atoms. The highest BCUT2D eigenvalue weighted by atomic mass is 79.9. The summed E-state index contributed by atoms with van der Waals surface area (Å²) in [4.78, 5) is 0.151. The van der Waals surface area contributed by atoms with E-state index in [1.165, 1.54) is 16.7 Å². The topological polar surface area (TPSA) is 0 Å². The van der Waals surface area contributed by atoms with Crippen molar-refractivity contribution in [1.82, 2.24) is 0 Å². The first-order valence-electron chi connectivity index (χ1n) is 4.84. The zero-order chi connectivity index (χ0) is 12.6. The van der Waals surface area contributed by atoms with Gasteiger partial charge in [-0.1, -0.05) is 33.6 Å². The Bertz CT molecular complexity index is 551. The van der Waals surface area contributed by atoms with Gasteiger partial charge in [0.25, 0.3) is 0 Å². The molecule has 0 radical (unpaired) electrons. The van der Waals surface area contributed by atoms with Crippen LogP contribution in [0.15, 0.2) is 31.8 Å². The quantitative estimate of drug-likeness (QED) is 0.438. The Balaban J connectivity index is 2.46. The van der Waals surface area contributed by atoms with Crippen LogP contribution in [0, 0.1) is 6.92 Å². The van der Waals surface area contributed by atoms with Crippen LogP contribution in [0.25, 0.3) is 0 Å². The molecule has 1 heterocycles. The zero-order valence-corrected chi connectivity index (χ0v) is 15.1. The summed E-state index contributed by atoms with van der Waals surface area (Å²) in [6.07, 6.45) is 0. The van der Waals surface area contributed by atoms with E-state index >= 15 is 0 Å². The second kappa shape index (κ2) is 5.74. The SMILES string of the molecule is Cc1ccc(Cl)cc1C(Br)c1cc(Br)sc1Br. The van der Waals surface area contributed by atoms with Crippen molar-refractivity contribution in [2.75, 3.05) is 0 Å². The van der Waals surface area contributed by atoms with E-state index < -0.39 is 0 Å². The number of thiophene rings is 1. The summed E-state index contributed by atoms with van der Waals surface area (Å²) in [5.74, 6) is 0. The molecule has 2 rings (SSSR count). The third-order valence-electron chi connectivity index (χ3n) is 2.47. The number of hydrogen-bond acceptors (Lipinski definition) is 1. The Labute approximate surface area is 135 Å². The van der Waals surface area contributed by atoms with E-state index in [4.69, 9.17) is 11.6 Å². The van der Waals surface area contributed by atoms with Crippen molar-refractivity contribution in [3.63, 3.8) is 0 Å². The molecule has 1 aromatic heterocycles. The van der Waals surface area contributed by atoms with Gasteiger partial charge in [0, 0.05) is 5.02 Å². The second-order valence-electron chi connectivity index (χ2n) is 3.64. The molecule has 90 valence electrons. The minimum Gasteiger partial charge on any atom is -0.121 e. The molecule has 0 fully saturated rings. The molecule has 1 atom stereocenters. The predicted molar refractivity (Wildman–Crippen MR) is 86.7 cm³/mol. The fourth-order valence-electron chi connectivity index (χ4n) is 1.58. The summed E-state index contributed by atoms with van der Waals surface area (Å²) in [5.41, 5.74) is 3.64. The maximum Gasteiger partial charge on any atom is 0.0757 e. The molecule has 0 spiro atoms. The fourth-order valence-corrected chi connectivity index (χ4v) is 5.97. The molecule has 0 aliphatic rings. The predicted octanol–water partition coefficient (Wildman–Crippen LogP) is 6.72. The van der Waals surface area contributed by atoms with Gasteiger partial charge in [0.15, 0.2) is 0 Å². The maximum absolute atomic E-state index is 6.05. The average Bonchev–Trinajstić information content (AvgIpc) is 2.60. The summed E-state index contributed by atoms with van der Waals surface area (Å²) < 4.78 is 2.24. The highest BCUT2D eigenvalue weighted by molar-refractivity contribution is 9.12. The lowest BCUT2D eigenvalue weighted by molar-refractivity contribution is 1.15. The standard InChI is InChI=1S/C12H8Br3ClS/c1-6-2-3-7(16)4-8(6)11(14)9-5-10(13)17-12(9)15/h2-5,11H,1H3. The third kappa shape index (κ3) is 3.16. The van der Waals surface area contributed by atoms with Crippen molar-refractivity contribution < 1.29 is 0 Å². The third-order valence-corrected chi connectivity index (χ3v) is 6.08. The second-order valence-corrected chi connectivity index (χ2v) is 8.74. The number of hydrogen-bond donors (Lipinski definition) is 0. The molecule has 1 aromatic carbocycles. The largest absolute Gasteiger partial charge is 0.121 e. The molecular weight excluding hydrogens is 451 g/mol. The number of alkyl halides is 1. The summed E-state index contributed by atoms with van der Waals surface area (Å²) in [7, 11) is 0. The molecule has 1 unspecified atom stereocenters. The zero-order valence-electron chi connectivity index (χ0n) is 8.81. The van der Waals surface area contributed by atoms with E-state index in [2.05, 4.69) is 60.8 Å². The minimum atomic E-state index is 0.151. The van der Waals surface area contributed by atoms with Crippen LogP contribution in [0.5, 0.6) is 0 Å². The Morgan fingerprint density at radius 1 is 1.18 bits per heavy atom. The Kier molecular flexibility index (Phi) is 4.75. The van der Waals surface area contributed by atoms with E-state index in [-0.39, 0.29) is 4.83 Å². The molecule has 0 aliphatic carbocycles. The first kappa shape index (κ1) is 14.1. The van der Waals surface area contributed by atoms with Crippen molar-refractivity contribution in [3.05, 3.63) is 53.6 Å². The monoisotopic (exact) mass is 456 g/mol. The summed E-state index contributed by atoms with van der Waals surface area (Å²) in [6.45, 7) is 2.09. The maximum atomic E-state index is 6.05. The first-order chi connectivity index (χ1) is 7.99. The van der Waals surface area contributed by atoms with Gasteiger partial charge in [-0.15, -0.1) is 11.3 Å². The molecule has 0 bridgehead atoms. The summed E-state index contributed by atoms with van der Waals surface area (Å²) in [5, 5.41) is 0.764. The molecule has 0 saturated carbocycles. The van der Waals surface area contributed by atoms with Crippen molar-refractivity contribution in [1.29, 1.82) is 0 Å². The van der Waals surface area contributed by atoms with Gasteiger partial charge in [0.2, 0.25) is 0 Å². The fraction of sp³-hybridized carbons (Fsp3) is 0.167. The lowest BCUT2D eigenvalue weighted by Gasteiger charge is -2.13. The van der Waals surface area contributed by atoms with E-state index in [1.807, 2.05) is 18.2 Å². The molecule has 0 nitrogen and oxygen atoms in total. The van der Waals surface area contributed by atoms with E-state index in [9.17, 15) is 0 Å². The van der Waals surface area contributed by atoms with Gasteiger partial charge in [-0.2, -0.15) is 0 Å². The van der Waals surface area contributed by atoms with Crippen LogP contribution in [-0.2, 0) is 0 Å². The Morgan fingerprint density at radius 3 is 2.47 bits per heavy atom. The van der Waals surface area contributed by atoms with Crippen LogP contribution < -0.4 is 0 Å². The van der Waals surface area contributed by atoms with Crippen LogP contribution in [-0.4, -0.2) is 0 Å². The molecular formula is C12H8Br3ClS. The van der Waals surface area contributed by atoms with Gasteiger partial charge < -0.3 is 0 Å². The van der Waals surface area contributed by atoms with Crippen LogP contribution in [0.1, 0.15) is 21.5 Å². The van der Waals surface area contributed by atoms with E-state index in [0.717, 1.165) is 12.6 Å². The Hall–Kier alpha value is 0.650. The van der Waals surface area contributed by atoms with Crippen LogP contribution >= 0.6 is 70.7 Å². The van der Waals surface area contributed by atoms with Gasteiger partial charge in [-0.05, 0) is 73.7 Å². The lowest BCUT2D eigenvalue weighted by atomic mass is 10.0. The van der Waals surface area contributed by atoms with E-state index in [1.54, 1.807) is 11.3 Å². The number of aryl methyl sites for hydroxylation is 1. The lowest BCUT2D eigenvalue weighted by Crippen LogP contribution is -1.95. The highest BCUT2D eigenvalue weighted by Crippen LogP contribution is 2.43. The average molecular weight is 459 g/mol. The van der Waals surface area contributed by atoms with Gasteiger partial charge in [0.05, 0.1) is 12.4 Å². The highest BCUT2D eigenvalue weighted by Gasteiger charge is 2.18. The van der Waals surface area contributed by atoms with Crippen molar-refractivity contribution in [2.24, 2.45) is 0 Å². The molecule has 0 saturated heterocycles. The molecule has 0 amide bonds.